The van der Waals surface area contributed by atoms with Gasteiger partial charge in [-0.1, -0.05) is 36.4 Å². The van der Waals surface area contributed by atoms with Gasteiger partial charge in [0.25, 0.3) is 0 Å². The van der Waals surface area contributed by atoms with Crippen molar-refractivity contribution in [2.45, 2.75) is 31.8 Å². The van der Waals surface area contributed by atoms with E-state index in [9.17, 15) is 9.50 Å². The standard InChI is InChI=1S/C22H26FNO/c23-21-7-5-17(6-8-21)22(25)18-9-11-24(12-10-18)15-16-13-19-3-1-2-4-20(19)14-16/h1-8,16,18,22,25H,9-15H2. The molecule has 0 radical (unpaired) electrons. The van der Waals surface area contributed by atoms with Crippen molar-refractivity contribution in [3.8, 4) is 0 Å². The lowest BCUT2D eigenvalue weighted by molar-refractivity contribution is 0.0546. The average Bonchev–Trinajstić information content (AvgIpc) is 3.05. The Bertz CT molecular complexity index is 681. The first kappa shape index (κ1) is 16.7. The number of aliphatic hydroxyl groups is 1. The summed E-state index contributed by atoms with van der Waals surface area (Å²) in [6, 6.07) is 15.1. The summed E-state index contributed by atoms with van der Waals surface area (Å²) in [6.45, 7) is 3.26. The predicted molar refractivity (Wildman–Crippen MR) is 97.9 cm³/mol. The molecule has 0 aromatic heterocycles. The molecule has 0 saturated carbocycles. The molecule has 2 nitrogen and oxygen atoms in total. The van der Waals surface area contributed by atoms with Crippen LogP contribution in [0.2, 0.25) is 0 Å². The van der Waals surface area contributed by atoms with E-state index in [1.807, 2.05) is 0 Å². The second kappa shape index (κ2) is 7.27. The molecule has 2 aromatic rings. The molecule has 4 rings (SSSR count). The lowest BCUT2D eigenvalue weighted by Crippen LogP contribution is -2.38. The van der Waals surface area contributed by atoms with Crippen molar-refractivity contribution >= 4 is 0 Å². The number of hydrogen-bond acceptors (Lipinski definition) is 2. The third-order valence-electron chi connectivity index (χ3n) is 5.94. The fourth-order valence-electron chi connectivity index (χ4n) is 4.53. The average molecular weight is 339 g/mol. The van der Waals surface area contributed by atoms with E-state index in [1.54, 1.807) is 12.1 Å². The van der Waals surface area contributed by atoms with Gasteiger partial charge in [-0.25, -0.2) is 4.39 Å². The molecule has 1 aliphatic heterocycles. The summed E-state index contributed by atoms with van der Waals surface area (Å²) in [5, 5.41) is 10.6. The number of nitrogens with zero attached hydrogens (tertiary/aromatic N) is 1. The fraction of sp³-hybridized carbons (Fsp3) is 0.455. The summed E-state index contributed by atoms with van der Waals surface area (Å²) in [6.07, 6.45) is 3.96. The highest BCUT2D eigenvalue weighted by atomic mass is 19.1. The molecule has 0 spiro atoms. The summed E-state index contributed by atoms with van der Waals surface area (Å²) in [5.41, 5.74) is 3.88. The Morgan fingerprint density at radius 3 is 2.16 bits per heavy atom. The van der Waals surface area contributed by atoms with Gasteiger partial charge in [0.05, 0.1) is 6.10 Å². The van der Waals surface area contributed by atoms with Crippen molar-refractivity contribution in [3.05, 3.63) is 71.0 Å². The van der Waals surface area contributed by atoms with Crippen molar-refractivity contribution in [1.29, 1.82) is 0 Å². The third-order valence-corrected chi connectivity index (χ3v) is 5.94. The van der Waals surface area contributed by atoms with Gasteiger partial charge in [0, 0.05) is 6.54 Å². The SMILES string of the molecule is OC(c1ccc(F)cc1)C1CCN(CC2Cc3ccccc3C2)CC1. The van der Waals surface area contributed by atoms with Gasteiger partial charge in [-0.3, -0.25) is 0 Å². The molecule has 1 saturated heterocycles. The van der Waals surface area contributed by atoms with Crippen LogP contribution in [0.1, 0.15) is 35.6 Å². The van der Waals surface area contributed by atoms with Crippen LogP contribution in [-0.2, 0) is 12.8 Å². The van der Waals surface area contributed by atoms with Gasteiger partial charge in [0.1, 0.15) is 5.82 Å². The Morgan fingerprint density at radius 1 is 0.960 bits per heavy atom. The van der Waals surface area contributed by atoms with Gasteiger partial charge >= 0.3 is 0 Å². The summed E-state index contributed by atoms with van der Waals surface area (Å²) >= 11 is 0. The van der Waals surface area contributed by atoms with Crippen LogP contribution in [0.3, 0.4) is 0 Å². The molecular weight excluding hydrogens is 313 g/mol. The number of aliphatic hydroxyl groups excluding tert-OH is 1. The number of fused-ring (bicyclic) bond motifs is 1. The van der Waals surface area contributed by atoms with Crippen LogP contribution in [0.5, 0.6) is 0 Å². The van der Waals surface area contributed by atoms with Crippen molar-refractivity contribution < 1.29 is 9.50 Å². The lowest BCUT2D eigenvalue weighted by Gasteiger charge is -2.35. The number of hydrogen-bond donors (Lipinski definition) is 1. The molecule has 1 heterocycles. The molecule has 1 atom stereocenters. The number of rotatable bonds is 4. The van der Waals surface area contributed by atoms with Gasteiger partial charge in [-0.15, -0.1) is 0 Å². The molecular formula is C22H26FNO. The molecule has 25 heavy (non-hydrogen) atoms. The number of benzene rings is 2. The number of piperidine rings is 1. The van der Waals surface area contributed by atoms with E-state index in [2.05, 4.69) is 29.2 Å². The molecule has 1 aliphatic carbocycles. The van der Waals surface area contributed by atoms with E-state index >= 15 is 0 Å². The Kier molecular flexibility index (Phi) is 4.87. The summed E-state index contributed by atoms with van der Waals surface area (Å²) < 4.78 is 13.0. The van der Waals surface area contributed by atoms with Crippen LogP contribution in [-0.4, -0.2) is 29.6 Å². The van der Waals surface area contributed by atoms with Crippen molar-refractivity contribution in [3.63, 3.8) is 0 Å². The van der Waals surface area contributed by atoms with E-state index in [1.165, 1.54) is 36.1 Å². The Hall–Kier alpha value is -1.71. The minimum atomic E-state index is -0.474. The van der Waals surface area contributed by atoms with Crippen molar-refractivity contribution in [2.75, 3.05) is 19.6 Å². The van der Waals surface area contributed by atoms with Gasteiger partial charge in [0.2, 0.25) is 0 Å². The third kappa shape index (κ3) is 3.78. The summed E-state index contributed by atoms with van der Waals surface area (Å²) in [4.78, 5) is 2.56. The number of likely N-dealkylation sites (tertiary alicyclic amines) is 1. The quantitative estimate of drug-likeness (QED) is 0.910. The maximum absolute atomic E-state index is 13.0. The highest BCUT2D eigenvalue weighted by Crippen LogP contribution is 2.32. The van der Waals surface area contributed by atoms with Crippen LogP contribution in [0.4, 0.5) is 4.39 Å². The molecule has 1 fully saturated rings. The zero-order chi connectivity index (χ0) is 17.2. The summed E-state index contributed by atoms with van der Waals surface area (Å²) in [7, 11) is 0. The second-order valence-corrected chi connectivity index (χ2v) is 7.68. The lowest BCUT2D eigenvalue weighted by atomic mass is 9.87. The minimum Gasteiger partial charge on any atom is -0.388 e. The highest BCUT2D eigenvalue weighted by Gasteiger charge is 2.29. The monoisotopic (exact) mass is 339 g/mol. The normalized spacial score (nSPS) is 20.6. The summed E-state index contributed by atoms with van der Waals surface area (Å²) in [5.74, 6) is 0.766. The van der Waals surface area contributed by atoms with Gasteiger partial charge in [0.15, 0.2) is 0 Å². The second-order valence-electron chi connectivity index (χ2n) is 7.68. The van der Waals surface area contributed by atoms with E-state index in [-0.39, 0.29) is 11.7 Å². The van der Waals surface area contributed by atoms with E-state index in [4.69, 9.17) is 0 Å². The maximum Gasteiger partial charge on any atom is 0.123 e. The van der Waals surface area contributed by atoms with Gasteiger partial charge in [-0.05, 0) is 79.4 Å². The highest BCUT2D eigenvalue weighted by molar-refractivity contribution is 5.32. The smallest absolute Gasteiger partial charge is 0.123 e. The van der Waals surface area contributed by atoms with Crippen LogP contribution in [0.15, 0.2) is 48.5 Å². The largest absolute Gasteiger partial charge is 0.388 e. The fourth-order valence-corrected chi connectivity index (χ4v) is 4.53. The van der Waals surface area contributed by atoms with Gasteiger partial charge in [-0.2, -0.15) is 0 Å². The van der Waals surface area contributed by atoms with Crippen LogP contribution < -0.4 is 0 Å². The van der Waals surface area contributed by atoms with Crippen molar-refractivity contribution in [2.24, 2.45) is 11.8 Å². The molecule has 0 amide bonds. The zero-order valence-corrected chi connectivity index (χ0v) is 14.6. The molecule has 1 unspecified atom stereocenters. The predicted octanol–water partition coefficient (Wildman–Crippen LogP) is 3.99. The van der Waals surface area contributed by atoms with Crippen LogP contribution in [0.25, 0.3) is 0 Å². The first-order valence-electron chi connectivity index (χ1n) is 9.41. The first-order chi connectivity index (χ1) is 12.2. The van der Waals surface area contributed by atoms with Gasteiger partial charge < -0.3 is 10.0 Å². The Labute approximate surface area is 149 Å². The molecule has 2 aromatic carbocycles. The first-order valence-corrected chi connectivity index (χ1v) is 9.41. The van der Waals surface area contributed by atoms with E-state index < -0.39 is 6.10 Å². The topological polar surface area (TPSA) is 23.5 Å². The molecule has 3 heteroatoms. The van der Waals surface area contributed by atoms with Crippen LogP contribution >= 0.6 is 0 Å². The van der Waals surface area contributed by atoms with E-state index in [0.29, 0.717) is 0 Å². The maximum atomic E-state index is 13.0. The van der Waals surface area contributed by atoms with E-state index in [0.717, 1.165) is 44.0 Å². The molecule has 132 valence electrons. The zero-order valence-electron chi connectivity index (χ0n) is 14.6. The van der Waals surface area contributed by atoms with Crippen molar-refractivity contribution in [1.82, 2.24) is 4.90 Å². The molecule has 2 aliphatic rings. The van der Waals surface area contributed by atoms with Crippen LogP contribution in [0, 0.1) is 17.7 Å². The molecule has 0 bridgehead atoms. The number of halogens is 1. The molecule has 1 N–H and O–H groups in total. The Morgan fingerprint density at radius 2 is 1.56 bits per heavy atom. The minimum absolute atomic E-state index is 0.247. The Balaban J connectivity index is 1.28.